The third-order valence-corrected chi connectivity index (χ3v) is 7.74. The lowest BCUT2D eigenvalue weighted by atomic mass is 10.1. The van der Waals surface area contributed by atoms with Crippen LogP contribution < -0.4 is 14.4 Å². The van der Waals surface area contributed by atoms with Crippen LogP contribution >= 0.6 is 0 Å². The van der Waals surface area contributed by atoms with Crippen LogP contribution in [0.15, 0.2) is 42.5 Å². The van der Waals surface area contributed by atoms with Gasteiger partial charge in [0.15, 0.2) is 0 Å². The first-order chi connectivity index (χ1) is 17.9. The quantitative estimate of drug-likeness (QED) is 0.375. The summed E-state index contributed by atoms with van der Waals surface area (Å²) < 4.78 is 31.8. The molecule has 0 saturated carbocycles. The van der Waals surface area contributed by atoms with E-state index in [1.165, 1.54) is 10.6 Å². The third-order valence-electron chi connectivity index (χ3n) is 6.55. The van der Waals surface area contributed by atoms with Gasteiger partial charge in [0.25, 0.3) is 0 Å². The molecule has 38 heavy (non-hydrogen) atoms. The molecule has 9 heteroatoms. The number of anilines is 1. The second-order valence-corrected chi connectivity index (χ2v) is 11.8. The smallest absolute Gasteiger partial charge is 0.243 e. The SMILES string of the molecule is CCC(C)NC(=O)C(CC)N(Cc1ccc(OC)cc1)C(=O)CCCN(c1cc(C)cc(C)c1)S(C)(=O)=O. The van der Waals surface area contributed by atoms with Crippen molar-refractivity contribution in [1.29, 1.82) is 0 Å². The molecule has 0 aromatic heterocycles. The molecule has 0 spiro atoms. The first-order valence-electron chi connectivity index (χ1n) is 13.2. The highest BCUT2D eigenvalue weighted by Gasteiger charge is 2.29. The first-order valence-corrected chi connectivity index (χ1v) is 15.0. The van der Waals surface area contributed by atoms with Gasteiger partial charge in [-0.05, 0) is 81.0 Å². The molecule has 0 heterocycles. The van der Waals surface area contributed by atoms with E-state index in [-0.39, 0.29) is 37.4 Å². The molecule has 2 amide bonds. The number of nitrogens with zero attached hydrogens (tertiary/aromatic N) is 2. The number of carbonyl (C=O) groups excluding carboxylic acids is 2. The molecule has 2 aromatic rings. The van der Waals surface area contributed by atoms with Crippen LogP contribution in [0.5, 0.6) is 5.75 Å². The fraction of sp³-hybridized carbons (Fsp3) is 0.517. The van der Waals surface area contributed by atoms with Crippen LogP contribution in [-0.2, 0) is 26.2 Å². The summed E-state index contributed by atoms with van der Waals surface area (Å²) in [6, 6.07) is 12.4. The van der Waals surface area contributed by atoms with Gasteiger partial charge in [0, 0.05) is 25.6 Å². The fourth-order valence-corrected chi connectivity index (χ4v) is 5.34. The van der Waals surface area contributed by atoms with Crippen molar-refractivity contribution in [2.24, 2.45) is 0 Å². The zero-order valence-corrected chi connectivity index (χ0v) is 24.6. The topological polar surface area (TPSA) is 96.0 Å². The Labute approximate surface area is 228 Å². The van der Waals surface area contributed by atoms with Crippen molar-refractivity contribution in [2.75, 3.05) is 24.2 Å². The van der Waals surface area contributed by atoms with Gasteiger partial charge in [0.05, 0.1) is 19.1 Å². The summed E-state index contributed by atoms with van der Waals surface area (Å²) in [6.45, 7) is 10.1. The Hall–Kier alpha value is -3.07. The number of methoxy groups -OCH3 is 1. The summed E-state index contributed by atoms with van der Waals surface area (Å²) in [4.78, 5) is 28.3. The van der Waals surface area contributed by atoms with Gasteiger partial charge in [-0.1, -0.05) is 32.0 Å². The Bertz CT molecular complexity index is 1160. The van der Waals surface area contributed by atoms with Crippen LogP contribution in [0.25, 0.3) is 0 Å². The lowest BCUT2D eigenvalue weighted by Gasteiger charge is -2.32. The molecule has 0 aliphatic rings. The lowest BCUT2D eigenvalue weighted by Crippen LogP contribution is -2.50. The van der Waals surface area contributed by atoms with E-state index in [9.17, 15) is 18.0 Å². The number of sulfonamides is 1. The molecule has 0 aliphatic carbocycles. The molecule has 0 radical (unpaired) electrons. The van der Waals surface area contributed by atoms with E-state index in [4.69, 9.17) is 4.74 Å². The van der Waals surface area contributed by atoms with Crippen molar-refractivity contribution in [3.8, 4) is 5.75 Å². The molecule has 2 aromatic carbocycles. The minimum absolute atomic E-state index is 0.00408. The van der Waals surface area contributed by atoms with Gasteiger partial charge in [-0.25, -0.2) is 8.42 Å². The maximum atomic E-state index is 13.6. The zero-order valence-electron chi connectivity index (χ0n) is 23.8. The van der Waals surface area contributed by atoms with Gasteiger partial charge in [-0.15, -0.1) is 0 Å². The van der Waals surface area contributed by atoms with Crippen LogP contribution in [0.1, 0.15) is 63.1 Å². The third kappa shape index (κ3) is 9.04. The second kappa shape index (κ2) is 14.2. The first kappa shape index (κ1) is 31.1. The van der Waals surface area contributed by atoms with Crippen molar-refractivity contribution in [3.05, 3.63) is 59.2 Å². The van der Waals surface area contributed by atoms with Gasteiger partial charge in [-0.2, -0.15) is 0 Å². The Kier molecular flexibility index (Phi) is 11.6. The molecule has 210 valence electrons. The normalized spacial score (nSPS) is 12.9. The number of hydrogen-bond acceptors (Lipinski definition) is 5. The second-order valence-electron chi connectivity index (χ2n) is 9.90. The van der Waals surface area contributed by atoms with E-state index >= 15 is 0 Å². The summed E-state index contributed by atoms with van der Waals surface area (Å²) in [7, 11) is -1.95. The number of carbonyl (C=O) groups is 2. The zero-order chi connectivity index (χ0) is 28.5. The van der Waals surface area contributed by atoms with Crippen molar-refractivity contribution in [1.82, 2.24) is 10.2 Å². The maximum Gasteiger partial charge on any atom is 0.243 e. The van der Waals surface area contributed by atoms with Crippen molar-refractivity contribution in [2.45, 2.75) is 78.9 Å². The summed E-state index contributed by atoms with van der Waals surface area (Å²) in [5.74, 6) is 0.331. The van der Waals surface area contributed by atoms with Crippen LogP contribution in [0.4, 0.5) is 5.69 Å². The number of nitrogens with one attached hydrogen (secondary N) is 1. The summed E-state index contributed by atoms with van der Waals surface area (Å²) >= 11 is 0. The molecular weight excluding hydrogens is 502 g/mol. The fourth-order valence-electron chi connectivity index (χ4n) is 4.39. The molecule has 1 N–H and O–H groups in total. The number of ether oxygens (including phenoxy) is 1. The molecule has 2 unspecified atom stereocenters. The van der Waals surface area contributed by atoms with E-state index in [0.29, 0.717) is 24.3 Å². The number of amides is 2. The summed E-state index contributed by atoms with van der Waals surface area (Å²) in [5.41, 5.74) is 3.40. The standard InChI is InChI=1S/C29H43N3O5S/c1-8-23(5)30-29(34)27(9-2)31(20-24-12-14-26(37-6)15-13-24)28(33)11-10-16-32(38(7,35)36)25-18-21(3)17-22(4)19-25/h12-15,17-19,23,27H,8-11,16,20H2,1-7H3,(H,30,34). The predicted octanol–water partition coefficient (Wildman–Crippen LogP) is 4.58. The average Bonchev–Trinajstić information content (AvgIpc) is 2.85. The van der Waals surface area contributed by atoms with Gasteiger partial charge in [-0.3, -0.25) is 13.9 Å². The summed E-state index contributed by atoms with van der Waals surface area (Å²) in [6.07, 6.45) is 2.85. The van der Waals surface area contributed by atoms with Crippen molar-refractivity contribution < 1.29 is 22.7 Å². The molecule has 0 bridgehead atoms. The minimum Gasteiger partial charge on any atom is -0.497 e. The van der Waals surface area contributed by atoms with Gasteiger partial charge >= 0.3 is 0 Å². The molecule has 2 atom stereocenters. The van der Waals surface area contributed by atoms with E-state index in [2.05, 4.69) is 5.32 Å². The molecule has 0 fully saturated rings. The molecular formula is C29H43N3O5S. The molecule has 0 saturated heterocycles. The number of benzene rings is 2. The van der Waals surface area contributed by atoms with Crippen LogP contribution in [0.3, 0.4) is 0 Å². The average molecular weight is 546 g/mol. The summed E-state index contributed by atoms with van der Waals surface area (Å²) in [5, 5.41) is 3.01. The Morgan fingerprint density at radius 3 is 2.11 bits per heavy atom. The Morgan fingerprint density at radius 2 is 1.61 bits per heavy atom. The highest BCUT2D eigenvalue weighted by Crippen LogP contribution is 2.23. The monoisotopic (exact) mass is 545 g/mol. The molecule has 8 nitrogen and oxygen atoms in total. The highest BCUT2D eigenvalue weighted by atomic mass is 32.2. The van der Waals surface area contributed by atoms with E-state index < -0.39 is 16.1 Å². The Morgan fingerprint density at radius 1 is 1.00 bits per heavy atom. The van der Waals surface area contributed by atoms with Crippen molar-refractivity contribution >= 4 is 27.5 Å². The molecule has 0 aliphatic heterocycles. The van der Waals surface area contributed by atoms with Crippen LogP contribution in [-0.4, -0.2) is 57.1 Å². The maximum absolute atomic E-state index is 13.6. The van der Waals surface area contributed by atoms with E-state index in [1.807, 2.05) is 77.1 Å². The number of aryl methyl sites for hydroxylation is 2. The molecule has 2 rings (SSSR count). The van der Waals surface area contributed by atoms with Crippen molar-refractivity contribution in [3.63, 3.8) is 0 Å². The van der Waals surface area contributed by atoms with Crippen LogP contribution in [0, 0.1) is 13.8 Å². The largest absolute Gasteiger partial charge is 0.497 e. The number of rotatable bonds is 14. The van der Waals surface area contributed by atoms with Crippen LogP contribution in [0.2, 0.25) is 0 Å². The number of hydrogen-bond donors (Lipinski definition) is 1. The van der Waals surface area contributed by atoms with Gasteiger partial charge in [0.1, 0.15) is 11.8 Å². The van der Waals surface area contributed by atoms with E-state index in [0.717, 1.165) is 23.1 Å². The van der Waals surface area contributed by atoms with Gasteiger partial charge < -0.3 is 15.0 Å². The Balaban J connectivity index is 2.25. The predicted molar refractivity (Wildman–Crippen MR) is 153 cm³/mol. The lowest BCUT2D eigenvalue weighted by molar-refractivity contribution is -0.141. The minimum atomic E-state index is -3.54. The van der Waals surface area contributed by atoms with E-state index in [1.54, 1.807) is 12.0 Å². The van der Waals surface area contributed by atoms with Gasteiger partial charge in [0.2, 0.25) is 21.8 Å². The highest BCUT2D eigenvalue weighted by molar-refractivity contribution is 7.92.